The van der Waals surface area contributed by atoms with Gasteiger partial charge in [0.25, 0.3) is 11.4 Å². The number of hydrogen-bond donors (Lipinski definition) is 2. The quantitative estimate of drug-likeness (QED) is 0.282. The van der Waals surface area contributed by atoms with Crippen molar-refractivity contribution in [2.24, 2.45) is 5.41 Å². The van der Waals surface area contributed by atoms with Gasteiger partial charge in [-0.25, -0.2) is 10.1 Å². The highest BCUT2D eigenvalue weighted by molar-refractivity contribution is 5.83. The second kappa shape index (κ2) is 10.2. The number of nitrogens with one attached hydrogen (secondary N) is 2. The number of imidazole rings is 1. The maximum Gasteiger partial charge on any atom is 0.290 e. The highest BCUT2D eigenvalue weighted by Crippen LogP contribution is 2.34. The van der Waals surface area contributed by atoms with E-state index in [0.717, 1.165) is 28.1 Å². The molecule has 3 aromatic heterocycles. The monoisotopic (exact) mass is 532 g/mol. The number of benzene rings is 3. The Morgan fingerprint density at radius 3 is 2.27 bits per heavy atom. The van der Waals surface area contributed by atoms with Crippen LogP contribution in [0.2, 0.25) is 0 Å². The number of ether oxygens (including phenoxy) is 1. The van der Waals surface area contributed by atoms with E-state index < -0.39 is 0 Å². The van der Waals surface area contributed by atoms with E-state index in [1.807, 2.05) is 71.3 Å². The number of fused-ring (bicyclic) bond motifs is 1. The molecule has 40 heavy (non-hydrogen) atoms. The smallest absolute Gasteiger partial charge is 0.290 e. The molecule has 200 valence electrons. The molecule has 0 fully saturated rings. The Balaban J connectivity index is 1.51. The molecule has 2 N–H and O–H groups in total. The average molecular weight is 533 g/mol. The second-order valence-corrected chi connectivity index (χ2v) is 10.8. The van der Waals surface area contributed by atoms with Crippen LogP contribution in [0.3, 0.4) is 0 Å². The molecule has 0 aliphatic carbocycles. The zero-order valence-corrected chi connectivity index (χ0v) is 22.4. The molecule has 3 aromatic carbocycles. The maximum absolute atomic E-state index is 13.3. The predicted molar refractivity (Wildman–Crippen MR) is 152 cm³/mol. The summed E-state index contributed by atoms with van der Waals surface area (Å²) in [6, 6.07) is 25.4. The van der Waals surface area contributed by atoms with Crippen LogP contribution in [0.4, 0.5) is 0 Å². The van der Waals surface area contributed by atoms with E-state index in [1.54, 1.807) is 0 Å². The van der Waals surface area contributed by atoms with Crippen molar-refractivity contribution in [3.05, 3.63) is 101 Å². The van der Waals surface area contributed by atoms with E-state index in [4.69, 9.17) is 9.72 Å². The minimum atomic E-state index is -0.326. The summed E-state index contributed by atoms with van der Waals surface area (Å²) < 4.78 is 8.05. The molecule has 10 heteroatoms. The molecule has 0 amide bonds. The van der Waals surface area contributed by atoms with Gasteiger partial charge < -0.3 is 9.30 Å². The fraction of sp³-hybridized carbons (Fsp3) is 0.200. The molecule has 0 aliphatic rings. The Kier molecular flexibility index (Phi) is 6.43. The molecule has 0 saturated heterocycles. The molecule has 0 bridgehead atoms. The van der Waals surface area contributed by atoms with Gasteiger partial charge in [0.1, 0.15) is 17.1 Å². The first-order valence-electron chi connectivity index (χ1n) is 13.0. The Labute approximate surface area is 230 Å². The third-order valence-corrected chi connectivity index (χ3v) is 6.52. The first kappa shape index (κ1) is 25.2. The molecular weight excluding hydrogens is 504 g/mol. The molecular formula is C30H28N8O2. The van der Waals surface area contributed by atoms with Crippen molar-refractivity contribution in [3.63, 3.8) is 0 Å². The number of para-hydroxylation sites is 1. The number of nitrogens with zero attached hydrogens (tertiary/aromatic N) is 6. The number of H-pyrrole nitrogens is 2. The lowest BCUT2D eigenvalue weighted by molar-refractivity contribution is 0.394. The van der Waals surface area contributed by atoms with Crippen LogP contribution in [0.25, 0.3) is 33.5 Å². The van der Waals surface area contributed by atoms with Gasteiger partial charge in [0.05, 0.1) is 6.54 Å². The second-order valence-electron chi connectivity index (χ2n) is 10.8. The lowest BCUT2D eigenvalue weighted by Gasteiger charge is -2.20. The summed E-state index contributed by atoms with van der Waals surface area (Å²) in [5, 5.41) is 21.5. The van der Waals surface area contributed by atoms with Crippen LogP contribution in [-0.4, -0.2) is 40.4 Å². The van der Waals surface area contributed by atoms with Crippen molar-refractivity contribution in [2.75, 3.05) is 0 Å². The van der Waals surface area contributed by atoms with Crippen LogP contribution in [0.1, 0.15) is 32.2 Å². The molecule has 0 spiro atoms. The molecule has 0 unspecified atom stereocenters. The van der Waals surface area contributed by atoms with E-state index in [0.29, 0.717) is 35.6 Å². The van der Waals surface area contributed by atoms with Gasteiger partial charge in [0.15, 0.2) is 5.52 Å². The lowest BCUT2D eigenvalue weighted by atomic mass is 9.91. The van der Waals surface area contributed by atoms with Crippen LogP contribution in [0.15, 0.2) is 83.7 Å². The summed E-state index contributed by atoms with van der Waals surface area (Å²) in [5.74, 6) is 2.15. The average Bonchev–Trinajstić information content (AvgIpc) is 3.60. The van der Waals surface area contributed by atoms with E-state index >= 15 is 0 Å². The molecule has 0 aliphatic heterocycles. The van der Waals surface area contributed by atoms with Crippen LogP contribution in [0.5, 0.6) is 11.6 Å². The topological polar surface area (TPSA) is 127 Å². The van der Waals surface area contributed by atoms with Crippen molar-refractivity contribution in [3.8, 4) is 34.1 Å². The standard InChI is InChI=1S/C30H28N8O2/c1-30(2,3)17-24-31-25-26(28(39)34-35-29(25)40-20-12-5-4-6-13-20)38(24)18-19-11-7-8-14-21(19)22-15-9-10-16-23(22)27-32-36-37-33-27/h4-16H,17-18H2,1-3H3,(H,34,39)(H,32,33,36,37). The normalized spacial score (nSPS) is 11.7. The minimum Gasteiger partial charge on any atom is -0.436 e. The van der Waals surface area contributed by atoms with Crippen LogP contribution in [-0.2, 0) is 13.0 Å². The van der Waals surface area contributed by atoms with E-state index in [1.165, 1.54) is 0 Å². The molecule has 0 atom stereocenters. The molecule has 3 heterocycles. The summed E-state index contributed by atoms with van der Waals surface area (Å²) in [6.07, 6.45) is 0.646. The third kappa shape index (κ3) is 4.98. The van der Waals surface area contributed by atoms with Crippen LogP contribution >= 0.6 is 0 Å². The molecule has 0 radical (unpaired) electrons. The van der Waals surface area contributed by atoms with Crippen LogP contribution in [0, 0.1) is 5.41 Å². The molecule has 6 aromatic rings. The first-order chi connectivity index (χ1) is 19.4. The minimum absolute atomic E-state index is 0.0789. The Morgan fingerprint density at radius 2 is 1.55 bits per heavy atom. The number of aromatic amines is 2. The summed E-state index contributed by atoms with van der Waals surface area (Å²) in [7, 11) is 0. The largest absolute Gasteiger partial charge is 0.436 e. The molecule has 0 saturated carbocycles. The fourth-order valence-electron chi connectivity index (χ4n) is 4.82. The van der Waals surface area contributed by atoms with Gasteiger partial charge in [0, 0.05) is 12.0 Å². The number of aromatic nitrogens is 8. The highest BCUT2D eigenvalue weighted by Gasteiger charge is 2.24. The fourth-order valence-corrected chi connectivity index (χ4v) is 4.82. The zero-order valence-electron chi connectivity index (χ0n) is 22.4. The van der Waals surface area contributed by atoms with Gasteiger partial charge in [-0.05, 0) is 39.5 Å². The highest BCUT2D eigenvalue weighted by atomic mass is 16.5. The SMILES string of the molecule is CC(C)(C)Cc1nc2c(Oc3ccccc3)n[nH]c(=O)c2n1Cc1ccccc1-c1ccccc1-c1nn[nH]n1. The number of hydrogen-bond acceptors (Lipinski definition) is 7. The van der Waals surface area contributed by atoms with Crippen molar-refractivity contribution >= 4 is 11.0 Å². The summed E-state index contributed by atoms with van der Waals surface area (Å²) in [4.78, 5) is 18.2. The summed E-state index contributed by atoms with van der Waals surface area (Å²) in [6.45, 7) is 6.86. The van der Waals surface area contributed by atoms with Gasteiger partial charge in [-0.15, -0.1) is 15.3 Å². The third-order valence-electron chi connectivity index (χ3n) is 6.52. The van der Waals surface area contributed by atoms with E-state index in [9.17, 15) is 4.79 Å². The number of tetrazole rings is 1. The maximum atomic E-state index is 13.3. The summed E-state index contributed by atoms with van der Waals surface area (Å²) >= 11 is 0. The number of rotatable bonds is 7. The van der Waals surface area contributed by atoms with E-state index in [2.05, 4.69) is 63.7 Å². The Hall–Kier alpha value is -5.12. The first-order valence-corrected chi connectivity index (χ1v) is 13.0. The lowest BCUT2D eigenvalue weighted by Crippen LogP contribution is -2.18. The van der Waals surface area contributed by atoms with Gasteiger partial charge in [-0.2, -0.15) is 5.21 Å². The summed E-state index contributed by atoms with van der Waals surface area (Å²) in [5.41, 5.74) is 4.27. The zero-order chi connectivity index (χ0) is 27.7. The van der Waals surface area contributed by atoms with Gasteiger partial charge in [-0.3, -0.25) is 4.79 Å². The molecule has 10 nitrogen and oxygen atoms in total. The van der Waals surface area contributed by atoms with Gasteiger partial charge in [-0.1, -0.05) is 87.5 Å². The van der Waals surface area contributed by atoms with Crippen molar-refractivity contribution in [2.45, 2.75) is 33.7 Å². The predicted octanol–water partition coefficient (Wildman–Crippen LogP) is 5.40. The van der Waals surface area contributed by atoms with Crippen molar-refractivity contribution in [1.82, 2.24) is 40.4 Å². The van der Waals surface area contributed by atoms with Crippen LogP contribution < -0.4 is 10.3 Å². The van der Waals surface area contributed by atoms with Gasteiger partial charge in [0.2, 0.25) is 5.82 Å². The Bertz CT molecular complexity index is 1830. The van der Waals surface area contributed by atoms with Crippen molar-refractivity contribution < 1.29 is 4.74 Å². The van der Waals surface area contributed by atoms with Crippen molar-refractivity contribution in [1.29, 1.82) is 0 Å². The Morgan fingerprint density at radius 1 is 0.850 bits per heavy atom. The molecule has 6 rings (SSSR count). The van der Waals surface area contributed by atoms with E-state index in [-0.39, 0.29) is 16.9 Å². The van der Waals surface area contributed by atoms with Gasteiger partial charge >= 0.3 is 0 Å².